The second kappa shape index (κ2) is 9.55. The van der Waals surface area contributed by atoms with Gasteiger partial charge in [-0.05, 0) is 35.2 Å². The number of carbonyl (C=O) groups is 2. The lowest BCUT2D eigenvalue weighted by atomic mass is 9.92. The first-order chi connectivity index (χ1) is 18.4. The van der Waals surface area contributed by atoms with Crippen LogP contribution < -0.4 is 15.6 Å². The van der Waals surface area contributed by atoms with E-state index in [4.69, 9.17) is 9.47 Å². The highest BCUT2D eigenvalue weighted by Gasteiger charge is 2.43. The Morgan fingerprint density at radius 2 is 2.03 bits per heavy atom. The van der Waals surface area contributed by atoms with Gasteiger partial charge < -0.3 is 19.8 Å². The van der Waals surface area contributed by atoms with E-state index >= 15 is 0 Å². The molecule has 1 amide bonds. The summed E-state index contributed by atoms with van der Waals surface area (Å²) < 4.78 is 41.4. The monoisotopic (exact) mass is 539 g/mol. The van der Waals surface area contributed by atoms with Gasteiger partial charge >= 0.3 is 5.97 Å². The van der Waals surface area contributed by atoms with E-state index < -0.39 is 41.2 Å². The van der Waals surface area contributed by atoms with Crippen molar-refractivity contribution in [3.8, 4) is 5.75 Å². The maximum absolute atomic E-state index is 14.6. The molecule has 4 heterocycles. The van der Waals surface area contributed by atoms with Crippen molar-refractivity contribution in [3.05, 3.63) is 92.4 Å². The minimum atomic E-state index is -0.868. The summed E-state index contributed by atoms with van der Waals surface area (Å²) in [6.07, 6.45) is 0.631. The minimum Gasteiger partial charge on any atom is -0.420 e. The van der Waals surface area contributed by atoms with Crippen molar-refractivity contribution in [2.45, 2.75) is 42.7 Å². The second-order valence-corrected chi connectivity index (χ2v) is 10.2. The second-order valence-electron chi connectivity index (χ2n) is 9.21. The number of halogens is 2. The minimum absolute atomic E-state index is 0.0500. The number of carbonyl (C=O) groups excluding carboxylic acids is 2. The van der Waals surface area contributed by atoms with Gasteiger partial charge in [-0.15, -0.1) is 11.8 Å². The Balaban J connectivity index is 1.40. The van der Waals surface area contributed by atoms with E-state index in [9.17, 15) is 23.2 Å². The number of thioether (sulfide) groups is 1. The number of hydrogen-bond acceptors (Lipinski definition) is 7. The van der Waals surface area contributed by atoms with Crippen LogP contribution in [-0.2, 0) is 21.7 Å². The average Bonchev–Trinajstić information content (AvgIpc) is 3.12. The van der Waals surface area contributed by atoms with E-state index in [2.05, 4.69) is 5.43 Å². The zero-order valence-corrected chi connectivity index (χ0v) is 21.1. The molecule has 6 rings (SSSR count). The number of nitrogens with one attached hydrogen (secondary N) is 1. The molecule has 3 aromatic rings. The first-order valence-corrected chi connectivity index (χ1v) is 13.2. The van der Waals surface area contributed by atoms with Crippen LogP contribution in [0.5, 0.6) is 5.75 Å². The number of esters is 1. The molecule has 1 aromatic heterocycles. The number of morpholine rings is 1. The van der Waals surface area contributed by atoms with Gasteiger partial charge in [0.15, 0.2) is 17.3 Å². The van der Waals surface area contributed by atoms with Crippen LogP contribution in [0.2, 0.25) is 0 Å². The standard InChI is InChI=1S/C27H23F2N3O5S/c1-2-21(34)37-25-19(33)8-9-32-23(25)27(35)31-10-11-36-24(26(31)30-32)15-4-3-5-20-16(15)12-14-6-7-18(28)22(29)17(14)13-38-20/h3-9,24,26,30H,2,10-13H2,1H3/t24-,26-/m0/s1. The van der Waals surface area contributed by atoms with Crippen molar-refractivity contribution in [2.75, 3.05) is 18.6 Å². The number of amides is 1. The molecule has 0 spiro atoms. The van der Waals surface area contributed by atoms with Gasteiger partial charge in [-0.2, -0.15) is 0 Å². The van der Waals surface area contributed by atoms with Gasteiger partial charge in [0, 0.05) is 41.4 Å². The summed E-state index contributed by atoms with van der Waals surface area (Å²) in [5, 5.41) is 0. The first kappa shape index (κ1) is 24.6. The molecule has 0 aliphatic carbocycles. The number of nitrogens with zero attached hydrogens (tertiary/aromatic N) is 2. The summed E-state index contributed by atoms with van der Waals surface area (Å²) in [6, 6.07) is 9.73. The molecule has 0 unspecified atom stereocenters. The van der Waals surface area contributed by atoms with E-state index in [1.54, 1.807) is 17.9 Å². The van der Waals surface area contributed by atoms with Crippen molar-refractivity contribution in [1.29, 1.82) is 0 Å². The van der Waals surface area contributed by atoms with Crippen LogP contribution in [0.15, 0.2) is 52.3 Å². The quantitative estimate of drug-likeness (QED) is 0.508. The normalized spacial score (nSPS) is 19.9. The molecular weight excluding hydrogens is 516 g/mol. The predicted molar refractivity (Wildman–Crippen MR) is 135 cm³/mol. The predicted octanol–water partition coefficient (Wildman–Crippen LogP) is 3.74. The van der Waals surface area contributed by atoms with Crippen molar-refractivity contribution in [2.24, 2.45) is 0 Å². The molecule has 3 aliphatic rings. The third kappa shape index (κ3) is 3.97. The SMILES string of the molecule is CCC(=O)Oc1c2n(ccc1=O)N[C@@H]1[C@H](c3cccc4c3Cc3ccc(F)c(F)c3CS4)OCCN1C2=O. The van der Waals surface area contributed by atoms with E-state index in [-0.39, 0.29) is 31.0 Å². The Labute approximate surface area is 220 Å². The highest BCUT2D eigenvalue weighted by Crippen LogP contribution is 2.41. The number of rotatable bonds is 3. The van der Waals surface area contributed by atoms with Crippen LogP contribution >= 0.6 is 11.8 Å². The third-order valence-corrected chi connectivity index (χ3v) is 8.18. The zero-order chi connectivity index (χ0) is 26.6. The molecular formula is C27H23F2N3O5S. The Hall–Kier alpha value is -3.70. The van der Waals surface area contributed by atoms with Crippen molar-refractivity contribution in [1.82, 2.24) is 9.58 Å². The number of aromatic nitrogens is 1. The molecule has 196 valence electrons. The van der Waals surface area contributed by atoms with Crippen molar-refractivity contribution in [3.63, 3.8) is 0 Å². The zero-order valence-electron chi connectivity index (χ0n) is 20.3. The molecule has 1 N–H and O–H groups in total. The van der Waals surface area contributed by atoms with Gasteiger partial charge in [-0.1, -0.05) is 25.1 Å². The summed E-state index contributed by atoms with van der Waals surface area (Å²) in [6.45, 7) is 2.10. The molecule has 0 bridgehead atoms. The van der Waals surface area contributed by atoms with Crippen LogP contribution in [0.3, 0.4) is 0 Å². The van der Waals surface area contributed by atoms with Crippen LogP contribution in [0.1, 0.15) is 52.2 Å². The maximum atomic E-state index is 14.6. The Morgan fingerprint density at radius 1 is 1.18 bits per heavy atom. The van der Waals surface area contributed by atoms with E-state index in [1.165, 1.54) is 28.7 Å². The average molecular weight is 540 g/mol. The topological polar surface area (TPSA) is 89.9 Å². The Kier molecular flexibility index (Phi) is 6.19. The summed E-state index contributed by atoms with van der Waals surface area (Å²) >= 11 is 1.43. The lowest BCUT2D eigenvalue weighted by molar-refractivity contribution is -0.134. The number of ether oxygens (including phenoxy) is 2. The van der Waals surface area contributed by atoms with Crippen LogP contribution in [0.4, 0.5) is 8.78 Å². The van der Waals surface area contributed by atoms with E-state index in [0.717, 1.165) is 22.1 Å². The lowest BCUT2D eigenvalue weighted by Crippen LogP contribution is -2.60. The summed E-state index contributed by atoms with van der Waals surface area (Å²) in [5.41, 5.74) is 5.43. The van der Waals surface area contributed by atoms with E-state index in [1.807, 2.05) is 18.2 Å². The third-order valence-electron chi connectivity index (χ3n) is 7.05. The maximum Gasteiger partial charge on any atom is 0.311 e. The van der Waals surface area contributed by atoms with Crippen molar-refractivity contribution >= 4 is 23.6 Å². The van der Waals surface area contributed by atoms with Gasteiger partial charge in [0.2, 0.25) is 11.2 Å². The molecule has 3 aliphatic heterocycles. The highest BCUT2D eigenvalue weighted by atomic mass is 32.2. The van der Waals surface area contributed by atoms with Gasteiger partial charge in [0.05, 0.1) is 6.61 Å². The first-order valence-electron chi connectivity index (χ1n) is 12.2. The van der Waals surface area contributed by atoms with Gasteiger partial charge in [0.25, 0.3) is 5.91 Å². The number of pyridine rings is 1. The fraction of sp³-hybridized carbons (Fsp3) is 0.296. The molecule has 0 radical (unpaired) electrons. The lowest BCUT2D eigenvalue weighted by Gasteiger charge is -2.46. The van der Waals surface area contributed by atoms with E-state index in [0.29, 0.717) is 23.3 Å². The fourth-order valence-electron chi connectivity index (χ4n) is 5.15. The van der Waals surface area contributed by atoms with Gasteiger partial charge in [-0.25, -0.2) is 8.78 Å². The molecule has 38 heavy (non-hydrogen) atoms. The van der Waals surface area contributed by atoms with Crippen LogP contribution in [-0.4, -0.2) is 40.8 Å². The summed E-state index contributed by atoms with van der Waals surface area (Å²) in [5.74, 6) is -2.78. The summed E-state index contributed by atoms with van der Waals surface area (Å²) in [7, 11) is 0. The summed E-state index contributed by atoms with van der Waals surface area (Å²) in [4.78, 5) is 40.6. The highest BCUT2D eigenvalue weighted by molar-refractivity contribution is 7.98. The molecule has 2 atom stereocenters. The van der Waals surface area contributed by atoms with Crippen molar-refractivity contribution < 1.29 is 27.8 Å². The largest absolute Gasteiger partial charge is 0.420 e. The van der Waals surface area contributed by atoms with Gasteiger partial charge in [-0.3, -0.25) is 19.1 Å². The van der Waals surface area contributed by atoms with Crippen LogP contribution in [0.25, 0.3) is 0 Å². The number of fused-ring (bicyclic) bond motifs is 4. The molecule has 8 nitrogen and oxygen atoms in total. The Bertz CT molecular complexity index is 1540. The molecule has 11 heteroatoms. The smallest absolute Gasteiger partial charge is 0.311 e. The molecule has 1 fully saturated rings. The molecule has 1 saturated heterocycles. The number of hydrogen-bond donors (Lipinski definition) is 1. The fourth-order valence-corrected chi connectivity index (χ4v) is 6.31. The molecule has 0 saturated carbocycles. The molecule has 2 aromatic carbocycles. The Morgan fingerprint density at radius 3 is 2.84 bits per heavy atom. The van der Waals surface area contributed by atoms with Gasteiger partial charge in [0.1, 0.15) is 12.3 Å². The van der Waals surface area contributed by atoms with Crippen LogP contribution in [0, 0.1) is 11.6 Å². The number of benzene rings is 2.